The first-order chi connectivity index (χ1) is 27.4. The van der Waals surface area contributed by atoms with E-state index in [1.54, 1.807) is 30.3 Å². The lowest BCUT2D eigenvalue weighted by molar-refractivity contribution is 0.103. The highest BCUT2D eigenvalue weighted by atomic mass is 16.1. The van der Waals surface area contributed by atoms with E-state index in [4.69, 9.17) is 12.3 Å². The Morgan fingerprint density at radius 3 is 1.45 bits per heavy atom. The van der Waals surface area contributed by atoms with Crippen LogP contribution in [0.1, 0.15) is 78.1 Å². The summed E-state index contributed by atoms with van der Waals surface area (Å²) in [6.45, 7) is 10.6. The summed E-state index contributed by atoms with van der Waals surface area (Å²) in [5.74, 6) is -0.143. The van der Waals surface area contributed by atoms with E-state index in [-0.39, 0.29) is 17.5 Å². The van der Waals surface area contributed by atoms with Gasteiger partial charge in [-0.15, -0.1) is 0 Å². The molecule has 0 amide bonds. The molecule has 0 unspecified atom stereocenters. The summed E-state index contributed by atoms with van der Waals surface area (Å²) >= 11 is 0. The maximum absolute atomic E-state index is 13.5. The average Bonchev–Trinajstić information content (AvgIpc) is 3.59. The number of hydrogen-bond donors (Lipinski definition) is 1. The lowest BCUT2D eigenvalue weighted by Crippen LogP contribution is -2.22. The zero-order chi connectivity index (χ0) is 38.8. The summed E-state index contributed by atoms with van der Waals surface area (Å²) in [4.78, 5) is 29.1. The van der Waals surface area contributed by atoms with Crippen molar-refractivity contribution in [2.24, 2.45) is 0 Å². The fourth-order valence-electron chi connectivity index (χ4n) is 7.75. The third-order valence-corrected chi connectivity index (χ3v) is 10.6. The highest BCUT2D eigenvalue weighted by Crippen LogP contribution is 2.51. The fraction of sp³-hybridized carbons (Fsp3) is 0.0385. The van der Waals surface area contributed by atoms with Crippen molar-refractivity contribution in [1.82, 2.24) is 0 Å². The summed E-state index contributed by atoms with van der Waals surface area (Å²) < 4.78 is 0. The van der Waals surface area contributed by atoms with Crippen LogP contribution in [0, 0.1) is 0 Å². The van der Waals surface area contributed by atoms with E-state index in [0.29, 0.717) is 27.9 Å². The van der Waals surface area contributed by atoms with E-state index < -0.39 is 0 Å². The molecule has 2 N–H and O–H groups in total. The molecule has 4 heteroatoms. The van der Waals surface area contributed by atoms with Gasteiger partial charge in [0.2, 0.25) is 0 Å². The van der Waals surface area contributed by atoms with E-state index in [0.717, 1.165) is 39.3 Å². The molecule has 0 radical (unpaired) electrons. The number of rotatable bonds is 11. The highest BCUT2D eigenvalue weighted by molar-refractivity contribution is 6.10. The van der Waals surface area contributed by atoms with Crippen molar-refractivity contribution < 1.29 is 9.59 Å². The molecule has 270 valence electrons. The van der Waals surface area contributed by atoms with Crippen LogP contribution in [0.25, 0.3) is 28.6 Å². The minimum absolute atomic E-state index is 0.0145. The van der Waals surface area contributed by atoms with Crippen molar-refractivity contribution in [2.75, 3.05) is 10.6 Å². The molecule has 0 bridgehead atoms. The van der Waals surface area contributed by atoms with E-state index in [1.807, 2.05) is 79.7 Å². The van der Waals surface area contributed by atoms with Crippen LogP contribution in [-0.2, 0) is 0 Å². The average molecular weight is 725 g/mol. The van der Waals surface area contributed by atoms with Crippen LogP contribution in [0.4, 0.5) is 11.4 Å². The Morgan fingerprint density at radius 1 is 0.536 bits per heavy atom. The van der Waals surface area contributed by atoms with E-state index in [9.17, 15) is 9.59 Å². The number of carbonyl (C=O) groups excluding carboxylic acids is 2. The van der Waals surface area contributed by atoms with Crippen molar-refractivity contribution in [3.63, 3.8) is 0 Å². The van der Waals surface area contributed by atoms with Crippen molar-refractivity contribution in [3.05, 3.63) is 245 Å². The van der Waals surface area contributed by atoms with Gasteiger partial charge >= 0.3 is 0 Å². The second-order valence-electron chi connectivity index (χ2n) is 13.9. The predicted molar refractivity (Wildman–Crippen MR) is 232 cm³/mol. The zero-order valence-electron chi connectivity index (χ0n) is 31.2. The Labute approximate surface area is 328 Å². The first-order valence-electron chi connectivity index (χ1n) is 18.7. The molecule has 0 atom stereocenters. The van der Waals surface area contributed by atoms with Gasteiger partial charge in [-0.25, -0.2) is 0 Å². The van der Waals surface area contributed by atoms with Crippen LogP contribution in [0.2, 0.25) is 0 Å². The van der Waals surface area contributed by atoms with Gasteiger partial charge in [0.25, 0.3) is 0 Å². The normalized spacial score (nSPS) is 12.1. The summed E-state index contributed by atoms with van der Waals surface area (Å²) in [6.07, 6.45) is 3.84. The number of benzene rings is 7. The second kappa shape index (κ2) is 15.2. The molecule has 0 aromatic heterocycles. The molecule has 56 heavy (non-hydrogen) atoms. The maximum Gasteiger partial charge on any atom is 0.193 e. The van der Waals surface area contributed by atoms with Crippen molar-refractivity contribution >= 4 is 40.4 Å². The molecule has 0 fully saturated rings. The van der Waals surface area contributed by atoms with Crippen molar-refractivity contribution in [1.29, 1.82) is 0 Å². The molecular formula is C52H40N2O2. The first-order valence-corrected chi connectivity index (χ1v) is 18.7. The quantitative estimate of drug-likeness (QED) is 0.107. The number of allylic oxidation sites excluding steroid dienone is 1. The molecule has 8 rings (SSSR count). The summed E-state index contributed by atoms with van der Waals surface area (Å²) in [6, 6.07) is 55.6. The van der Waals surface area contributed by atoms with Gasteiger partial charge in [-0.1, -0.05) is 165 Å². The van der Waals surface area contributed by atoms with Gasteiger partial charge in [0.05, 0.1) is 5.69 Å². The van der Waals surface area contributed by atoms with Gasteiger partial charge in [0.1, 0.15) is 0 Å². The van der Waals surface area contributed by atoms with Crippen LogP contribution in [0.3, 0.4) is 0 Å². The van der Waals surface area contributed by atoms with Gasteiger partial charge in [-0.2, -0.15) is 0 Å². The minimum atomic E-state index is -0.0740. The standard InChI is InChI=1S/C52H40N2O2/c1-4-35-18-20-38(21-19-35)51(55)39-26-22-36(23-27-39)34(3)54(48(5-2)37-24-28-40(29-25-37)52(56)41-30-32-42(53)33-31-41)49-17-11-10-16-47(49)50-45-14-8-6-12-43(45)44-13-7-9-15-46(44)50/h4-33,50H,1,3,53H2,2H3/b48-5-. The largest absolute Gasteiger partial charge is 0.399 e. The third kappa shape index (κ3) is 6.59. The van der Waals surface area contributed by atoms with Crippen LogP contribution >= 0.6 is 0 Å². The fourth-order valence-corrected chi connectivity index (χ4v) is 7.75. The molecular weight excluding hydrogens is 685 g/mol. The molecule has 0 aliphatic heterocycles. The summed E-state index contributed by atoms with van der Waals surface area (Å²) in [5.41, 5.74) is 20.3. The summed E-state index contributed by atoms with van der Waals surface area (Å²) in [5, 5.41) is 0. The number of nitrogens with zero attached hydrogens (tertiary/aromatic N) is 1. The maximum atomic E-state index is 13.5. The van der Waals surface area contributed by atoms with Crippen LogP contribution < -0.4 is 10.6 Å². The van der Waals surface area contributed by atoms with E-state index in [2.05, 4.69) is 90.4 Å². The van der Waals surface area contributed by atoms with Crippen molar-refractivity contribution in [3.8, 4) is 11.1 Å². The molecule has 0 spiro atoms. The number of ketones is 2. The van der Waals surface area contributed by atoms with Gasteiger partial charge in [0.15, 0.2) is 11.6 Å². The van der Waals surface area contributed by atoms with Gasteiger partial charge in [-0.05, 0) is 81.8 Å². The predicted octanol–water partition coefficient (Wildman–Crippen LogP) is 12.1. The van der Waals surface area contributed by atoms with Gasteiger partial charge in [-0.3, -0.25) is 9.59 Å². The number of nitrogens with two attached hydrogens (primary N) is 1. The second-order valence-corrected chi connectivity index (χ2v) is 13.9. The van der Waals surface area contributed by atoms with E-state index >= 15 is 0 Å². The smallest absolute Gasteiger partial charge is 0.193 e. The van der Waals surface area contributed by atoms with Crippen LogP contribution in [0.5, 0.6) is 0 Å². The molecule has 1 aliphatic carbocycles. The van der Waals surface area contributed by atoms with Crippen molar-refractivity contribution in [2.45, 2.75) is 12.8 Å². The topological polar surface area (TPSA) is 63.4 Å². The molecule has 1 aliphatic rings. The molecule has 4 nitrogen and oxygen atoms in total. The minimum Gasteiger partial charge on any atom is -0.399 e. The Morgan fingerprint density at radius 2 is 0.946 bits per heavy atom. The first kappa shape index (κ1) is 35.7. The number of nitrogen functional groups attached to an aromatic ring is 1. The van der Waals surface area contributed by atoms with Crippen LogP contribution in [-0.4, -0.2) is 11.6 Å². The summed E-state index contributed by atoms with van der Waals surface area (Å²) in [7, 11) is 0. The lowest BCUT2D eigenvalue weighted by Gasteiger charge is -2.33. The SMILES string of the molecule is C=Cc1ccc(C(=O)c2ccc(C(=C)N(/C(=C\C)c3ccc(C(=O)c4ccc(N)cc4)cc3)c3ccccc3C3c4ccccc4-c4ccccc43)cc2)cc1. The van der Waals surface area contributed by atoms with Gasteiger partial charge in [0, 0.05) is 45.3 Å². The monoisotopic (exact) mass is 724 g/mol. The molecule has 7 aromatic carbocycles. The zero-order valence-corrected chi connectivity index (χ0v) is 31.2. The number of hydrogen-bond acceptors (Lipinski definition) is 4. The Balaban J connectivity index is 1.22. The Kier molecular flexibility index (Phi) is 9.70. The number of para-hydroxylation sites is 1. The third-order valence-electron chi connectivity index (χ3n) is 10.6. The Bertz CT molecular complexity index is 2600. The molecule has 0 saturated heterocycles. The van der Waals surface area contributed by atoms with Gasteiger partial charge < -0.3 is 10.6 Å². The molecule has 0 saturated carbocycles. The Hall–Kier alpha value is -7.30. The molecule has 7 aromatic rings. The number of fused-ring (bicyclic) bond motifs is 3. The van der Waals surface area contributed by atoms with E-state index in [1.165, 1.54) is 22.3 Å². The van der Waals surface area contributed by atoms with Crippen LogP contribution in [0.15, 0.2) is 189 Å². The highest BCUT2D eigenvalue weighted by Gasteiger charge is 2.33. The lowest BCUT2D eigenvalue weighted by atomic mass is 9.87. The number of anilines is 2. The molecule has 0 heterocycles. The number of carbonyl (C=O) groups is 2.